The molecule has 2 nitrogen and oxygen atoms in total. The molecule has 0 amide bonds. The van der Waals surface area contributed by atoms with Crippen LogP contribution in [0.3, 0.4) is 0 Å². The van der Waals surface area contributed by atoms with E-state index < -0.39 is 0 Å². The molecule has 0 aliphatic heterocycles. The molecule has 0 spiro atoms. The Labute approximate surface area is 61.9 Å². The van der Waals surface area contributed by atoms with Crippen LogP contribution >= 0.6 is 0 Å². The van der Waals surface area contributed by atoms with Gasteiger partial charge >= 0.3 is 0 Å². The molecular formula is C5H6NORe-. The maximum Gasteiger partial charge on any atom is 0 e. The van der Waals surface area contributed by atoms with Gasteiger partial charge in [-0.25, -0.2) is 5.16 Å². The maximum atomic E-state index is 4.68. The minimum Gasteiger partial charge on any atom is -0.470 e. The SMILES string of the molecule is CCc1c[c-]no1.[Re]. The zero-order valence-electron chi connectivity index (χ0n) is 4.52. The number of hydrogen-bond acceptors (Lipinski definition) is 2. The Morgan fingerprint density at radius 1 is 1.88 bits per heavy atom. The Kier molecular flexibility index (Phi) is 3.76. The molecule has 1 aromatic heterocycles. The normalized spacial score (nSPS) is 8.12. The van der Waals surface area contributed by atoms with Crippen molar-refractivity contribution < 1.29 is 24.9 Å². The molecule has 1 heterocycles. The van der Waals surface area contributed by atoms with E-state index in [1.807, 2.05) is 6.92 Å². The van der Waals surface area contributed by atoms with Gasteiger partial charge in [0.15, 0.2) is 0 Å². The summed E-state index contributed by atoms with van der Waals surface area (Å²) in [4.78, 5) is 0. The number of aromatic nitrogens is 1. The van der Waals surface area contributed by atoms with E-state index in [2.05, 4.69) is 15.9 Å². The average molecular weight is 282 g/mol. The molecule has 0 bridgehead atoms. The average Bonchev–Trinajstić information content (AvgIpc) is 2.14. The summed E-state index contributed by atoms with van der Waals surface area (Å²) >= 11 is 0. The van der Waals surface area contributed by atoms with Crippen molar-refractivity contribution in [1.29, 1.82) is 0 Å². The third-order valence-electron chi connectivity index (χ3n) is 0.790. The maximum absolute atomic E-state index is 4.68. The van der Waals surface area contributed by atoms with Crippen LogP contribution in [0.25, 0.3) is 0 Å². The van der Waals surface area contributed by atoms with Crippen LogP contribution in [0.2, 0.25) is 0 Å². The minimum absolute atomic E-state index is 0. The van der Waals surface area contributed by atoms with Gasteiger partial charge < -0.3 is 4.52 Å². The van der Waals surface area contributed by atoms with Gasteiger partial charge in [-0.1, -0.05) is 13.3 Å². The molecule has 8 heavy (non-hydrogen) atoms. The summed E-state index contributed by atoms with van der Waals surface area (Å²) in [7, 11) is 0. The third kappa shape index (κ3) is 1.77. The van der Waals surface area contributed by atoms with Gasteiger partial charge in [0.05, 0.1) is 0 Å². The van der Waals surface area contributed by atoms with E-state index in [-0.39, 0.29) is 20.4 Å². The predicted octanol–water partition coefficient (Wildman–Crippen LogP) is 1.03. The monoisotopic (exact) mass is 283 g/mol. The van der Waals surface area contributed by atoms with E-state index in [0.717, 1.165) is 12.2 Å². The molecule has 3 heteroatoms. The van der Waals surface area contributed by atoms with Crippen molar-refractivity contribution in [3.05, 3.63) is 18.0 Å². The Balaban J connectivity index is 0.000000490. The van der Waals surface area contributed by atoms with Crippen LogP contribution in [-0.4, -0.2) is 5.16 Å². The molecule has 0 atom stereocenters. The van der Waals surface area contributed by atoms with Gasteiger partial charge in [-0.15, -0.1) is 6.20 Å². The molecule has 0 aromatic carbocycles. The fourth-order valence-corrected chi connectivity index (χ4v) is 0.376. The molecule has 0 aliphatic rings. The van der Waals surface area contributed by atoms with E-state index >= 15 is 0 Å². The van der Waals surface area contributed by atoms with Gasteiger partial charge in [-0.3, -0.25) is 0 Å². The largest absolute Gasteiger partial charge is 0.470 e. The summed E-state index contributed by atoms with van der Waals surface area (Å²) < 4.78 is 4.68. The van der Waals surface area contributed by atoms with E-state index in [1.165, 1.54) is 0 Å². The number of rotatable bonds is 1. The summed E-state index contributed by atoms with van der Waals surface area (Å²) in [6.07, 6.45) is 3.46. The molecule has 0 saturated carbocycles. The van der Waals surface area contributed by atoms with Crippen LogP contribution in [0, 0.1) is 6.20 Å². The first-order valence-electron chi connectivity index (χ1n) is 2.25. The molecule has 0 aliphatic carbocycles. The molecule has 45 valence electrons. The molecular weight excluding hydrogens is 276 g/mol. The molecule has 1 rings (SSSR count). The molecule has 1 radical (unpaired) electrons. The number of hydrogen-bond donors (Lipinski definition) is 0. The molecule has 0 fully saturated rings. The summed E-state index contributed by atoms with van der Waals surface area (Å²) in [5.41, 5.74) is 0. The first-order valence-corrected chi connectivity index (χ1v) is 2.25. The quantitative estimate of drug-likeness (QED) is 0.719. The van der Waals surface area contributed by atoms with Crippen LogP contribution in [0.4, 0.5) is 0 Å². The minimum atomic E-state index is 0. The van der Waals surface area contributed by atoms with Crippen LogP contribution in [0.15, 0.2) is 10.6 Å². The van der Waals surface area contributed by atoms with Gasteiger partial charge in [0, 0.05) is 20.4 Å². The van der Waals surface area contributed by atoms with E-state index in [1.54, 1.807) is 6.07 Å². The summed E-state index contributed by atoms with van der Waals surface area (Å²) in [6, 6.07) is 1.74. The van der Waals surface area contributed by atoms with Gasteiger partial charge in [0.1, 0.15) is 0 Å². The fourth-order valence-electron chi connectivity index (χ4n) is 0.376. The van der Waals surface area contributed by atoms with Crippen LogP contribution in [0.5, 0.6) is 0 Å². The Morgan fingerprint density at radius 3 is 2.88 bits per heavy atom. The summed E-state index contributed by atoms with van der Waals surface area (Å²) in [5, 5.41) is 3.39. The van der Waals surface area contributed by atoms with E-state index in [4.69, 9.17) is 0 Å². The third-order valence-corrected chi connectivity index (χ3v) is 0.790. The van der Waals surface area contributed by atoms with Crippen molar-refractivity contribution >= 4 is 0 Å². The zero-order chi connectivity index (χ0) is 5.11. The second-order valence-corrected chi connectivity index (χ2v) is 1.28. The first-order chi connectivity index (χ1) is 3.43. The zero-order valence-corrected chi connectivity index (χ0v) is 7.23. The Bertz CT molecular complexity index is 127. The first kappa shape index (κ1) is 7.87. The molecule has 0 N–H and O–H groups in total. The van der Waals surface area contributed by atoms with Gasteiger partial charge in [-0.2, -0.15) is 6.07 Å². The fraction of sp³-hybridized carbons (Fsp3) is 0.400. The summed E-state index contributed by atoms with van der Waals surface area (Å²) in [5.74, 6) is 0.889. The van der Waals surface area contributed by atoms with Crippen molar-refractivity contribution in [2.24, 2.45) is 0 Å². The van der Waals surface area contributed by atoms with Crippen molar-refractivity contribution in [1.82, 2.24) is 5.16 Å². The van der Waals surface area contributed by atoms with Crippen molar-refractivity contribution in [2.75, 3.05) is 0 Å². The predicted molar refractivity (Wildman–Crippen MR) is 24.7 cm³/mol. The van der Waals surface area contributed by atoms with Crippen molar-refractivity contribution in [3.8, 4) is 0 Å². The standard InChI is InChI=1S/C5H6NO.Re/c1-2-5-3-4-6-7-5;/h3H,2H2,1H3;/q-1;. The van der Waals surface area contributed by atoms with Gasteiger partial charge in [0.25, 0.3) is 0 Å². The molecule has 1 aromatic rings. The van der Waals surface area contributed by atoms with Gasteiger partial charge in [-0.05, 0) is 5.76 Å². The Morgan fingerprint density at radius 2 is 2.62 bits per heavy atom. The van der Waals surface area contributed by atoms with Crippen molar-refractivity contribution in [2.45, 2.75) is 13.3 Å². The van der Waals surface area contributed by atoms with Crippen LogP contribution < -0.4 is 0 Å². The Hall–Kier alpha value is -0.128. The van der Waals surface area contributed by atoms with Crippen LogP contribution in [0.1, 0.15) is 12.7 Å². The van der Waals surface area contributed by atoms with E-state index in [9.17, 15) is 0 Å². The second kappa shape index (κ2) is 3.82. The molecule has 0 saturated heterocycles. The number of aryl methyl sites for hydroxylation is 1. The van der Waals surface area contributed by atoms with Gasteiger partial charge in [0.2, 0.25) is 0 Å². The smallest absolute Gasteiger partial charge is 0 e. The summed E-state index contributed by atoms with van der Waals surface area (Å²) in [6.45, 7) is 2.01. The van der Waals surface area contributed by atoms with Crippen molar-refractivity contribution in [3.63, 3.8) is 0 Å². The molecule has 0 unspecified atom stereocenters. The topological polar surface area (TPSA) is 26.0 Å². The second-order valence-electron chi connectivity index (χ2n) is 1.28. The number of nitrogens with zero attached hydrogens (tertiary/aromatic N) is 1. The van der Waals surface area contributed by atoms with Crippen LogP contribution in [-0.2, 0) is 26.8 Å². The van der Waals surface area contributed by atoms with E-state index in [0.29, 0.717) is 0 Å².